The number of ether oxygens (including phenoxy) is 2. The average Bonchev–Trinajstić information content (AvgIpc) is 3.27. The summed E-state index contributed by atoms with van der Waals surface area (Å²) in [4.78, 5) is 0. The summed E-state index contributed by atoms with van der Waals surface area (Å²) in [5, 5.41) is 14.6. The molecule has 0 saturated carbocycles. The highest BCUT2D eigenvalue weighted by molar-refractivity contribution is 5.36. The van der Waals surface area contributed by atoms with Gasteiger partial charge in [0.2, 0.25) is 0 Å². The molecule has 18 rings (SSSR count). The topological polar surface area (TPSA) is 66.6 Å². The van der Waals surface area contributed by atoms with Crippen LogP contribution in [0.15, 0.2) is 97.1 Å². The third-order valence-electron chi connectivity index (χ3n) is 14.9. The highest BCUT2D eigenvalue weighted by Crippen LogP contribution is 2.29. The second-order valence-corrected chi connectivity index (χ2v) is 19.2. The number of benzene rings is 4. The van der Waals surface area contributed by atoms with Gasteiger partial charge in [-0.2, -0.15) is 0 Å². The Kier molecular flexibility index (Phi) is 13.2. The maximum absolute atomic E-state index is 6.46. The zero-order chi connectivity index (χ0) is 40.6. The first kappa shape index (κ1) is 41.5. The molecule has 0 aromatic heterocycles. The van der Waals surface area contributed by atoms with Crippen LogP contribution >= 0.6 is 0 Å². The van der Waals surface area contributed by atoms with Gasteiger partial charge in [0.15, 0.2) is 0 Å². The molecule has 4 N–H and O–H groups in total. The lowest BCUT2D eigenvalue weighted by Gasteiger charge is -2.45. The summed E-state index contributed by atoms with van der Waals surface area (Å²) >= 11 is 0. The highest BCUT2D eigenvalue weighted by Gasteiger charge is 2.36. The fraction of sp³-hybridized carbons (Fsp3) is 0.520. The summed E-state index contributed by atoms with van der Waals surface area (Å²) in [6.07, 6.45) is 2.48. The van der Waals surface area contributed by atoms with Crippen LogP contribution in [0.2, 0.25) is 0 Å². The third kappa shape index (κ3) is 10.6. The Hall–Kier alpha value is -3.84. The van der Waals surface area contributed by atoms with E-state index in [1.54, 1.807) is 0 Å². The van der Waals surface area contributed by atoms with E-state index >= 15 is 0 Å². The molecule has 4 spiro atoms. The maximum atomic E-state index is 6.46. The van der Waals surface area contributed by atoms with Crippen LogP contribution in [0.4, 0.5) is 0 Å². The molecule has 10 nitrogen and oxygen atoms in total. The average molecular weight is 817 g/mol. The van der Waals surface area contributed by atoms with Crippen LogP contribution in [0.5, 0.6) is 23.0 Å². The Balaban J connectivity index is 0.961. The Morgan fingerprint density at radius 1 is 0.267 bits per heavy atom. The minimum absolute atomic E-state index is 0.917. The van der Waals surface area contributed by atoms with Gasteiger partial charge in [-0.15, -0.1) is 0 Å². The van der Waals surface area contributed by atoms with Gasteiger partial charge in [-0.1, -0.05) is 0 Å². The first-order valence-electron chi connectivity index (χ1n) is 23.4. The summed E-state index contributed by atoms with van der Waals surface area (Å²) in [5.41, 5.74) is 5.63. The van der Waals surface area contributed by atoms with Crippen LogP contribution < -0.4 is 30.7 Å². The van der Waals surface area contributed by atoms with Crippen LogP contribution in [-0.4, -0.2) is 149 Å². The number of rotatable bonds is 0. The van der Waals surface area contributed by atoms with E-state index in [0.29, 0.717) is 0 Å². The molecule has 320 valence electrons. The fourth-order valence-electron chi connectivity index (χ4n) is 11.3. The van der Waals surface area contributed by atoms with Crippen molar-refractivity contribution in [3.05, 3.63) is 119 Å². The van der Waals surface area contributed by atoms with Crippen LogP contribution in [0.3, 0.4) is 0 Å². The molecule has 60 heavy (non-hydrogen) atoms. The summed E-state index contributed by atoms with van der Waals surface area (Å²) in [7, 11) is 0. The number of piperazine rings is 4. The molecule has 4 fully saturated rings. The largest absolute Gasteiger partial charge is 0.457 e. The molecule has 0 amide bonds. The van der Waals surface area contributed by atoms with E-state index in [1.807, 2.05) is 0 Å². The Bertz CT molecular complexity index is 1650. The highest BCUT2D eigenvalue weighted by atomic mass is 16.5. The molecule has 4 aromatic carbocycles. The molecule has 0 unspecified atom stereocenters. The van der Waals surface area contributed by atoms with Gasteiger partial charge in [-0.05, 0) is 97.1 Å². The molecule has 4 saturated heterocycles. The van der Waals surface area contributed by atoms with Gasteiger partial charge < -0.3 is 48.7 Å². The number of nitrogens with zero attached hydrogens (tertiary/aromatic N) is 4. The predicted octanol–water partition coefficient (Wildman–Crippen LogP) is 5.45. The lowest BCUT2D eigenvalue weighted by Crippen LogP contribution is -2.61. The molecule has 14 heterocycles. The molecular weight excluding hydrogens is 745 g/mol. The molecule has 0 aliphatic carbocycles. The van der Waals surface area contributed by atoms with Crippen molar-refractivity contribution in [3.8, 4) is 23.0 Å². The second-order valence-electron chi connectivity index (χ2n) is 19.2. The van der Waals surface area contributed by atoms with Crippen molar-refractivity contribution < 1.29 is 27.4 Å². The van der Waals surface area contributed by atoms with Gasteiger partial charge in [-0.25, -0.2) is 0 Å². The minimum Gasteiger partial charge on any atom is -0.457 e. The number of hydrogen-bond acceptors (Lipinski definition) is 6. The fourth-order valence-corrected chi connectivity index (χ4v) is 11.3. The number of hydrogen-bond donors (Lipinski definition) is 4. The van der Waals surface area contributed by atoms with E-state index in [1.165, 1.54) is 114 Å². The van der Waals surface area contributed by atoms with Crippen molar-refractivity contribution in [1.29, 1.82) is 0 Å². The first-order chi connectivity index (χ1) is 29.5. The minimum atomic E-state index is 0.917. The van der Waals surface area contributed by atoms with E-state index in [9.17, 15) is 0 Å². The molecule has 14 aliphatic heterocycles. The lowest BCUT2D eigenvalue weighted by atomic mass is 10.1. The van der Waals surface area contributed by atoms with Gasteiger partial charge in [0, 0.05) is 87.5 Å². The van der Waals surface area contributed by atoms with Crippen LogP contribution in [0, 0.1) is 0 Å². The number of quaternary nitrogens is 4. The van der Waals surface area contributed by atoms with Crippen LogP contribution in [0.25, 0.3) is 0 Å². The van der Waals surface area contributed by atoms with Crippen molar-refractivity contribution in [2.45, 2.75) is 39.0 Å². The van der Waals surface area contributed by atoms with Crippen LogP contribution in [0.1, 0.15) is 35.1 Å². The maximum Gasteiger partial charge on any atom is 0.127 e. The van der Waals surface area contributed by atoms with Gasteiger partial charge in [-0.3, -0.25) is 0 Å². The third-order valence-corrected chi connectivity index (χ3v) is 14.9. The smallest absolute Gasteiger partial charge is 0.127 e. The van der Waals surface area contributed by atoms with Gasteiger partial charge in [0.05, 0.1) is 78.5 Å². The van der Waals surface area contributed by atoms with Gasteiger partial charge in [0.1, 0.15) is 49.2 Å². The van der Waals surface area contributed by atoms with E-state index in [-0.39, 0.29) is 0 Å². The van der Waals surface area contributed by atoms with E-state index in [4.69, 9.17) is 9.47 Å². The molecule has 0 atom stereocenters. The van der Waals surface area contributed by atoms with Crippen molar-refractivity contribution in [3.63, 3.8) is 0 Å². The zero-order valence-corrected chi connectivity index (χ0v) is 36.2. The SMILES string of the molecule is c1cc2ccc1C[N+]1(CCC[N+]3(CCNCC3)Cc3ccc(cc3)Oc3ccc(cc3)C[N+]3(CCC[N+]4(CCNCC4)Cc4ccc(cc4)O2)CCNCC3)CCNCC1. The molecular formula is C50H72N8O2+4. The molecule has 10 heteroatoms. The molecule has 14 aliphatic rings. The summed E-state index contributed by atoms with van der Waals surface area (Å²) in [6, 6.07) is 36.0. The summed E-state index contributed by atoms with van der Waals surface area (Å²) in [6.45, 7) is 27.4. The standard InChI is InChI=1S/C50H72N8O2/c1-27-55(31-19-51-20-32-55)39-43-3-11-47(12-4-43)59-49-15-7-45(8-16-49)41-57(35-23-53-24-36-57)29-2-30-58(37-25-54-26-38-58)42-46-9-17-50(18-10-46)60-48-13-5-44(6-14-48)40-56(28-1)33-21-52-22-34-56/h3-18,51-54H,1-2,19-42H2/q+4. The number of nitrogens with one attached hydrogen (secondary N) is 4. The van der Waals surface area contributed by atoms with E-state index in [0.717, 1.165) is 119 Å². The van der Waals surface area contributed by atoms with Gasteiger partial charge >= 0.3 is 0 Å². The molecule has 0 radical (unpaired) electrons. The summed E-state index contributed by atoms with van der Waals surface area (Å²) in [5.74, 6) is 3.67. The quantitative estimate of drug-likeness (QED) is 0.178. The van der Waals surface area contributed by atoms with Crippen molar-refractivity contribution in [2.75, 3.05) is 131 Å². The zero-order valence-electron chi connectivity index (χ0n) is 36.2. The van der Waals surface area contributed by atoms with E-state index < -0.39 is 0 Å². The van der Waals surface area contributed by atoms with Crippen molar-refractivity contribution in [2.24, 2.45) is 0 Å². The van der Waals surface area contributed by atoms with Crippen molar-refractivity contribution in [1.82, 2.24) is 21.3 Å². The first-order valence-corrected chi connectivity index (χ1v) is 23.4. The Morgan fingerprint density at radius 2 is 0.467 bits per heavy atom. The van der Waals surface area contributed by atoms with E-state index in [2.05, 4.69) is 118 Å². The van der Waals surface area contributed by atoms with Gasteiger partial charge in [0.25, 0.3) is 0 Å². The monoisotopic (exact) mass is 817 g/mol. The normalized spacial score (nSPS) is 23.5. The van der Waals surface area contributed by atoms with Crippen molar-refractivity contribution >= 4 is 0 Å². The molecule has 4 aromatic rings. The summed E-state index contributed by atoms with van der Waals surface area (Å²) < 4.78 is 17.6. The predicted molar refractivity (Wildman–Crippen MR) is 241 cm³/mol. The Labute approximate surface area is 359 Å². The Morgan fingerprint density at radius 3 is 0.667 bits per heavy atom. The van der Waals surface area contributed by atoms with Crippen LogP contribution in [-0.2, 0) is 26.2 Å². The molecule has 8 bridgehead atoms. The lowest BCUT2D eigenvalue weighted by molar-refractivity contribution is -0.960. The second kappa shape index (κ2) is 19.1.